The van der Waals surface area contributed by atoms with Gasteiger partial charge in [0.1, 0.15) is 0 Å². The third kappa shape index (κ3) is 5.52. The van der Waals surface area contributed by atoms with E-state index >= 15 is 0 Å². The molecule has 1 aliphatic heterocycles. The van der Waals surface area contributed by atoms with Crippen LogP contribution in [0.4, 0.5) is 0 Å². The van der Waals surface area contributed by atoms with Crippen molar-refractivity contribution in [3.05, 3.63) is 77.9 Å². The van der Waals surface area contributed by atoms with Gasteiger partial charge in [0, 0.05) is 24.5 Å². The summed E-state index contributed by atoms with van der Waals surface area (Å²) >= 11 is 1.73. The minimum atomic E-state index is -0.126. The third-order valence-electron chi connectivity index (χ3n) is 6.24. The summed E-state index contributed by atoms with van der Waals surface area (Å²) in [6, 6.07) is 22.7. The van der Waals surface area contributed by atoms with E-state index in [1.165, 1.54) is 10.5 Å². The molecule has 0 unspecified atom stereocenters. The number of piperidine rings is 1. The van der Waals surface area contributed by atoms with E-state index < -0.39 is 0 Å². The van der Waals surface area contributed by atoms with Gasteiger partial charge >= 0.3 is 0 Å². The second-order valence-corrected chi connectivity index (χ2v) is 9.26. The molecule has 3 aromatic carbocycles. The van der Waals surface area contributed by atoms with Crippen molar-refractivity contribution in [3.63, 3.8) is 0 Å². The van der Waals surface area contributed by atoms with Crippen LogP contribution in [0.1, 0.15) is 24.0 Å². The highest BCUT2D eigenvalue weighted by Crippen LogP contribution is 2.22. The van der Waals surface area contributed by atoms with Crippen molar-refractivity contribution in [2.45, 2.75) is 30.6 Å². The monoisotopic (exact) mass is 446 g/mol. The van der Waals surface area contributed by atoms with Crippen molar-refractivity contribution in [2.75, 3.05) is 25.9 Å². The first-order chi connectivity index (χ1) is 15.6. The maximum atomic E-state index is 13.0. The molecule has 166 valence electrons. The summed E-state index contributed by atoms with van der Waals surface area (Å²) in [7, 11) is 0. The summed E-state index contributed by atoms with van der Waals surface area (Å²) in [4.78, 5) is 28.9. The largest absolute Gasteiger partial charge is 0.355 e. The van der Waals surface area contributed by atoms with Crippen LogP contribution in [0.5, 0.6) is 0 Å². The van der Waals surface area contributed by atoms with Crippen molar-refractivity contribution in [3.8, 4) is 0 Å². The number of likely N-dealkylation sites (tertiary alicyclic amines) is 1. The highest BCUT2D eigenvalue weighted by Gasteiger charge is 2.28. The Balaban J connectivity index is 1.30. The average Bonchev–Trinajstić information content (AvgIpc) is 2.84. The van der Waals surface area contributed by atoms with Crippen molar-refractivity contribution < 1.29 is 9.59 Å². The molecule has 1 N–H and O–H groups in total. The van der Waals surface area contributed by atoms with Crippen LogP contribution in [0.15, 0.2) is 71.6 Å². The second kappa shape index (κ2) is 10.7. The fourth-order valence-electron chi connectivity index (χ4n) is 4.41. The van der Waals surface area contributed by atoms with Gasteiger partial charge in [0.2, 0.25) is 11.8 Å². The lowest BCUT2D eigenvalue weighted by molar-refractivity contribution is -0.135. The summed E-state index contributed by atoms with van der Waals surface area (Å²) in [5.41, 5.74) is 2.27. The molecule has 32 heavy (non-hydrogen) atoms. The molecule has 4 rings (SSSR count). The Morgan fingerprint density at radius 1 is 1.03 bits per heavy atom. The normalized spacial score (nSPS) is 16.2. The molecule has 1 atom stereocenters. The summed E-state index contributed by atoms with van der Waals surface area (Å²) < 4.78 is 0. The van der Waals surface area contributed by atoms with E-state index in [0.29, 0.717) is 19.5 Å². The van der Waals surface area contributed by atoms with Crippen LogP contribution >= 0.6 is 11.8 Å². The number of nitrogens with zero attached hydrogens (tertiary/aromatic N) is 1. The lowest BCUT2D eigenvalue weighted by Crippen LogP contribution is -2.46. The number of fused-ring (bicyclic) bond motifs is 1. The molecule has 3 aromatic rings. The molecule has 1 saturated heterocycles. The molecule has 4 nitrogen and oxygen atoms in total. The zero-order valence-electron chi connectivity index (χ0n) is 18.5. The van der Waals surface area contributed by atoms with Gasteiger partial charge in [-0.2, -0.15) is 0 Å². The first kappa shape index (κ1) is 22.4. The molecule has 1 aliphatic rings. The Morgan fingerprint density at radius 2 is 1.81 bits per heavy atom. The molecule has 5 heteroatoms. The topological polar surface area (TPSA) is 49.4 Å². The first-order valence-corrected chi connectivity index (χ1v) is 12.5. The number of carbonyl (C=O) groups excluding carboxylic acids is 2. The average molecular weight is 447 g/mol. The van der Waals surface area contributed by atoms with Crippen LogP contribution < -0.4 is 5.32 Å². The van der Waals surface area contributed by atoms with E-state index in [1.54, 1.807) is 11.8 Å². The van der Waals surface area contributed by atoms with Crippen molar-refractivity contribution >= 4 is 34.3 Å². The van der Waals surface area contributed by atoms with Crippen molar-refractivity contribution in [1.29, 1.82) is 0 Å². The Morgan fingerprint density at radius 3 is 2.62 bits per heavy atom. The van der Waals surface area contributed by atoms with Gasteiger partial charge in [0.05, 0.1) is 12.3 Å². The van der Waals surface area contributed by atoms with Gasteiger partial charge in [-0.3, -0.25) is 9.59 Å². The van der Waals surface area contributed by atoms with E-state index in [1.807, 2.05) is 29.2 Å². The van der Waals surface area contributed by atoms with Crippen molar-refractivity contribution in [2.24, 2.45) is 5.92 Å². The van der Waals surface area contributed by atoms with E-state index in [2.05, 4.69) is 54.0 Å². The second-order valence-electron chi connectivity index (χ2n) is 8.38. The molecule has 0 radical (unpaired) electrons. The minimum absolute atomic E-state index is 0.0633. The van der Waals surface area contributed by atoms with Crippen LogP contribution in [0.3, 0.4) is 0 Å². The lowest BCUT2D eigenvalue weighted by atomic mass is 9.95. The number of hydrogen-bond acceptors (Lipinski definition) is 3. The maximum Gasteiger partial charge on any atom is 0.227 e. The Labute approximate surface area is 194 Å². The standard InChI is InChI=1S/C27H30N2O2S/c1-32-24-13-11-20(12-14-24)15-16-28-27(31)23-9-5-17-29(19-23)26(30)18-22-8-4-7-21-6-2-3-10-25(21)22/h2-4,6-8,10-14,23H,5,9,15-19H2,1H3,(H,28,31)/t23-/m1/s1. The van der Waals surface area contributed by atoms with Gasteiger partial charge in [-0.1, -0.05) is 54.6 Å². The first-order valence-electron chi connectivity index (χ1n) is 11.3. The lowest BCUT2D eigenvalue weighted by Gasteiger charge is -2.32. The smallest absolute Gasteiger partial charge is 0.227 e. The zero-order chi connectivity index (χ0) is 22.3. The van der Waals surface area contributed by atoms with Crippen LogP contribution in [0.25, 0.3) is 10.8 Å². The molecule has 0 aromatic heterocycles. The number of nitrogens with one attached hydrogen (secondary N) is 1. The van der Waals surface area contributed by atoms with Crippen LogP contribution in [0, 0.1) is 5.92 Å². The SMILES string of the molecule is CSc1ccc(CCNC(=O)[C@@H]2CCCN(C(=O)Cc3cccc4ccccc34)C2)cc1. The van der Waals surface area contributed by atoms with E-state index in [9.17, 15) is 9.59 Å². The van der Waals surface area contributed by atoms with Crippen molar-refractivity contribution in [1.82, 2.24) is 10.2 Å². The molecule has 1 heterocycles. The highest BCUT2D eigenvalue weighted by atomic mass is 32.2. The number of amides is 2. The Hall–Kier alpha value is -2.79. The van der Waals surface area contributed by atoms with Gasteiger partial charge in [-0.15, -0.1) is 11.8 Å². The number of hydrogen-bond donors (Lipinski definition) is 1. The highest BCUT2D eigenvalue weighted by molar-refractivity contribution is 7.98. The molecule has 2 amide bonds. The number of thioether (sulfide) groups is 1. The van der Waals surface area contributed by atoms with E-state index in [0.717, 1.165) is 42.1 Å². The summed E-state index contributed by atoms with van der Waals surface area (Å²) in [6.07, 6.45) is 4.97. The molecule has 0 aliphatic carbocycles. The molecular weight excluding hydrogens is 416 g/mol. The summed E-state index contributed by atoms with van der Waals surface area (Å²) in [5, 5.41) is 5.36. The Bertz CT molecular complexity index is 1080. The maximum absolute atomic E-state index is 13.0. The predicted molar refractivity (Wildman–Crippen MR) is 132 cm³/mol. The molecule has 0 bridgehead atoms. The molecule has 1 fully saturated rings. The molecule has 0 saturated carbocycles. The minimum Gasteiger partial charge on any atom is -0.355 e. The fraction of sp³-hybridized carbons (Fsp3) is 0.333. The van der Waals surface area contributed by atoms with E-state index in [-0.39, 0.29) is 17.7 Å². The Kier molecular flexibility index (Phi) is 7.48. The van der Waals surface area contributed by atoms with Gasteiger partial charge in [-0.25, -0.2) is 0 Å². The molecular formula is C27H30N2O2S. The molecule has 0 spiro atoms. The van der Waals surface area contributed by atoms with E-state index in [4.69, 9.17) is 0 Å². The number of carbonyl (C=O) groups is 2. The number of rotatable bonds is 7. The van der Waals surface area contributed by atoms with Gasteiger partial charge < -0.3 is 10.2 Å². The van der Waals surface area contributed by atoms with Crippen LogP contribution in [-0.4, -0.2) is 42.6 Å². The summed E-state index contributed by atoms with van der Waals surface area (Å²) in [5.74, 6) is 0.0419. The van der Waals surface area contributed by atoms with Crippen LogP contribution in [-0.2, 0) is 22.4 Å². The third-order valence-corrected chi connectivity index (χ3v) is 6.98. The van der Waals surface area contributed by atoms with Gasteiger partial charge in [-0.05, 0) is 59.6 Å². The zero-order valence-corrected chi connectivity index (χ0v) is 19.4. The summed E-state index contributed by atoms with van der Waals surface area (Å²) in [6.45, 7) is 1.87. The number of benzene rings is 3. The fourth-order valence-corrected chi connectivity index (χ4v) is 4.81. The van der Waals surface area contributed by atoms with Crippen LogP contribution in [0.2, 0.25) is 0 Å². The van der Waals surface area contributed by atoms with Gasteiger partial charge in [0.15, 0.2) is 0 Å². The quantitative estimate of drug-likeness (QED) is 0.535. The van der Waals surface area contributed by atoms with Gasteiger partial charge in [0.25, 0.3) is 0 Å². The predicted octanol–water partition coefficient (Wildman–Crippen LogP) is 4.70.